The van der Waals surface area contributed by atoms with Crippen molar-refractivity contribution in [3.8, 4) is 11.5 Å². The van der Waals surface area contributed by atoms with Gasteiger partial charge in [-0.05, 0) is 48.6 Å². The summed E-state index contributed by atoms with van der Waals surface area (Å²) in [6.07, 6.45) is 4.18. The predicted molar refractivity (Wildman–Crippen MR) is 133 cm³/mol. The molecule has 0 aromatic heterocycles. The molecule has 33 heavy (non-hydrogen) atoms. The van der Waals surface area contributed by atoms with Crippen molar-refractivity contribution in [2.75, 3.05) is 11.1 Å². The molecule has 4 nitrogen and oxygen atoms in total. The number of anilines is 1. The molecule has 4 rings (SSSR count). The fourth-order valence-electron chi connectivity index (χ4n) is 3.43. The molecule has 1 N–H and O–H groups in total. The van der Waals surface area contributed by atoms with E-state index in [1.54, 1.807) is 23.9 Å². The van der Waals surface area contributed by atoms with Gasteiger partial charge in [-0.25, -0.2) is 4.39 Å². The molecule has 0 spiro atoms. The number of hydrogen-bond acceptors (Lipinski definition) is 3. The molecular formula is C26H23ClFN2O2S+. The SMILES string of the molecule is CCSc1ccc(CC(=O)Nc2ccc([N+]3=CC(C)=C3)c(Oc3cc(F)cc(Cl)c3)c2)cc1. The fourth-order valence-corrected chi connectivity index (χ4v) is 4.30. The van der Waals surface area contributed by atoms with Crippen molar-refractivity contribution in [2.45, 2.75) is 25.2 Å². The Morgan fingerprint density at radius 2 is 1.88 bits per heavy atom. The van der Waals surface area contributed by atoms with Crippen LogP contribution >= 0.6 is 23.4 Å². The first-order valence-electron chi connectivity index (χ1n) is 10.5. The van der Waals surface area contributed by atoms with Crippen LogP contribution in [0.2, 0.25) is 5.02 Å². The van der Waals surface area contributed by atoms with Gasteiger partial charge in [0.05, 0.1) is 12.0 Å². The highest BCUT2D eigenvalue weighted by Gasteiger charge is 2.22. The van der Waals surface area contributed by atoms with Crippen molar-refractivity contribution in [2.24, 2.45) is 0 Å². The first kappa shape index (κ1) is 23.1. The van der Waals surface area contributed by atoms with Gasteiger partial charge in [0.25, 0.3) is 5.69 Å². The summed E-state index contributed by atoms with van der Waals surface area (Å²) in [6.45, 7) is 4.10. The van der Waals surface area contributed by atoms with E-state index in [-0.39, 0.29) is 23.1 Å². The predicted octanol–water partition coefficient (Wildman–Crippen LogP) is 7.20. The number of amides is 1. The van der Waals surface area contributed by atoms with Crippen molar-refractivity contribution in [1.29, 1.82) is 0 Å². The quantitative estimate of drug-likeness (QED) is 0.273. The van der Waals surface area contributed by atoms with Crippen LogP contribution in [-0.4, -0.2) is 22.5 Å². The summed E-state index contributed by atoms with van der Waals surface area (Å²) in [5.41, 5.74) is 3.41. The lowest BCUT2D eigenvalue weighted by atomic mass is 10.1. The summed E-state index contributed by atoms with van der Waals surface area (Å²) in [5.74, 6) is 1.13. The van der Waals surface area contributed by atoms with Crippen LogP contribution in [0.4, 0.5) is 15.8 Å². The van der Waals surface area contributed by atoms with E-state index in [4.69, 9.17) is 16.3 Å². The van der Waals surface area contributed by atoms with Crippen LogP contribution in [0.3, 0.4) is 0 Å². The highest BCUT2D eigenvalue weighted by atomic mass is 35.5. The number of carbonyl (C=O) groups excluding carboxylic acids is 1. The normalized spacial score (nSPS) is 12.5. The minimum atomic E-state index is -0.488. The zero-order valence-electron chi connectivity index (χ0n) is 18.3. The Balaban J connectivity index is 1.53. The molecule has 0 atom stereocenters. The molecule has 0 radical (unpaired) electrons. The third kappa shape index (κ3) is 6.03. The van der Waals surface area contributed by atoms with Gasteiger partial charge in [0, 0.05) is 33.8 Å². The Labute approximate surface area is 201 Å². The Morgan fingerprint density at radius 1 is 1.12 bits per heavy atom. The topological polar surface area (TPSA) is 41.3 Å². The van der Waals surface area contributed by atoms with E-state index in [2.05, 4.69) is 12.2 Å². The fraction of sp³-hybridized carbons (Fsp3) is 0.154. The van der Waals surface area contributed by atoms with Crippen molar-refractivity contribution in [3.05, 3.63) is 88.8 Å². The number of hydrogen-bond donors (Lipinski definition) is 1. The number of benzene rings is 3. The number of rotatable bonds is 8. The molecule has 1 heterocycles. The second kappa shape index (κ2) is 10.2. The van der Waals surface area contributed by atoms with E-state index in [0.29, 0.717) is 11.4 Å². The molecule has 1 aliphatic heterocycles. The van der Waals surface area contributed by atoms with Crippen LogP contribution < -0.4 is 10.1 Å². The number of nitrogens with one attached hydrogen (secondary N) is 1. The molecule has 1 aliphatic rings. The zero-order chi connectivity index (χ0) is 23.4. The molecule has 3 aromatic carbocycles. The van der Waals surface area contributed by atoms with Crippen molar-refractivity contribution >= 4 is 46.9 Å². The standard InChI is InChI=1S/C26H22ClFN2O2S/c1-3-33-23-7-4-18(5-8-23)10-26(31)29-21-6-9-24(30-15-17(2)16-30)25(14-21)32-22-12-19(27)11-20(28)13-22/h4-9,11-16H,3,10H2,1-2H3/p+1. The average Bonchev–Trinajstić information content (AvgIpc) is 2.73. The van der Waals surface area contributed by atoms with Gasteiger partial charge in [-0.1, -0.05) is 30.7 Å². The monoisotopic (exact) mass is 481 g/mol. The van der Waals surface area contributed by atoms with Gasteiger partial charge >= 0.3 is 0 Å². The lowest BCUT2D eigenvalue weighted by Gasteiger charge is -2.13. The van der Waals surface area contributed by atoms with Gasteiger partial charge in [0.15, 0.2) is 12.4 Å². The molecule has 7 heteroatoms. The summed E-state index contributed by atoms with van der Waals surface area (Å²) >= 11 is 7.74. The van der Waals surface area contributed by atoms with Crippen LogP contribution in [-0.2, 0) is 11.2 Å². The minimum absolute atomic E-state index is 0.135. The van der Waals surface area contributed by atoms with Crippen LogP contribution in [0, 0.1) is 5.82 Å². The van der Waals surface area contributed by atoms with Crippen LogP contribution in [0.5, 0.6) is 11.5 Å². The van der Waals surface area contributed by atoms with Crippen LogP contribution in [0.25, 0.3) is 0 Å². The summed E-state index contributed by atoms with van der Waals surface area (Å²) in [6, 6.07) is 17.4. The molecule has 168 valence electrons. The highest BCUT2D eigenvalue weighted by molar-refractivity contribution is 7.99. The maximum atomic E-state index is 13.8. The number of nitrogens with zero attached hydrogens (tertiary/aromatic N) is 1. The third-order valence-corrected chi connectivity index (χ3v) is 5.98. The van der Waals surface area contributed by atoms with Crippen LogP contribution in [0.15, 0.2) is 77.3 Å². The second-order valence-corrected chi connectivity index (χ2v) is 9.37. The van der Waals surface area contributed by atoms with E-state index in [1.807, 2.05) is 60.3 Å². The van der Waals surface area contributed by atoms with E-state index in [9.17, 15) is 9.18 Å². The van der Waals surface area contributed by atoms with Crippen molar-refractivity contribution in [3.63, 3.8) is 0 Å². The molecule has 1 amide bonds. The molecular weight excluding hydrogens is 459 g/mol. The largest absolute Gasteiger partial charge is 0.450 e. The molecule has 0 fully saturated rings. The molecule has 0 saturated carbocycles. The van der Waals surface area contributed by atoms with E-state index in [1.165, 1.54) is 17.0 Å². The Morgan fingerprint density at radius 3 is 2.55 bits per heavy atom. The summed E-state index contributed by atoms with van der Waals surface area (Å²) < 4.78 is 21.7. The van der Waals surface area contributed by atoms with E-state index >= 15 is 0 Å². The summed E-state index contributed by atoms with van der Waals surface area (Å²) in [4.78, 5) is 13.8. The number of allylic oxidation sites excluding steroid dienone is 1. The van der Waals surface area contributed by atoms with Gasteiger partial charge in [-0.3, -0.25) is 4.79 Å². The maximum absolute atomic E-state index is 13.8. The molecule has 3 aromatic rings. The molecule has 0 bridgehead atoms. The Bertz CT molecular complexity index is 1240. The highest BCUT2D eigenvalue weighted by Crippen LogP contribution is 2.36. The molecule has 0 unspecified atom stereocenters. The summed E-state index contributed by atoms with van der Waals surface area (Å²) in [5, 5.41) is 3.16. The van der Waals surface area contributed by atoms with Gasteiger partial charge in [0.2, 0.25) is 11.7 Å². The minimum Gasteiger partial charge on any atom is -0.450 e. The third-order valence-electron chi connectivity index (χ3n) is 4.87. The first-order valence-corrected chi connectivity index (χ1v) is 11.9. The van der Waals surface area contributed by atoms with Crippen LogP contribution in [0.1, 0.15) is 19.4 Å². The van der Waals surface area contributed by atoms with Crippen molar-refractivity contribution in [1.82, 2.24) is 0 Å². The number of ether oxygens (including phenoxy) is 1. The van der Waals surface area contributed by atoms with E-state index < -0.39 is 5.82 Å². The smallest absolute Gasteiger partial charge is 0.253 e. The second-order valence-electron chi connectivity index (χ2n) is 7.60. The zero-order valence-corrected chi connectivity index (χ0v) is 19.8. The average molecular weight is 482 g/mol. The Hall–Kier alpha value is -3.09. The maximum Gasteiger partial charge on any atom is 0.253 e. The number of thioether (sulfide) groups is 1. The molecule has 0 saturated heterocycles. The molecule has 0 aliphatic carbocycles. The van der Waals surface area contributed by atoms with Gasteiger partial charge < -0.3 is 10.1 Å². The first-order chi connectivity index (χ1) is 15.9. The number of carbonyl (C=O) groups is 1. The summed E-state index contributed by atoms with van der Waals surface area (Å²) in [7, 11) is 0. The number of halogens is 2. The lowest BCUT2D eigenvalue weighted by Crippen LogP contribution is -2.15. The lowest BCUT2D eigenvalue weighted by molar-refractivity contribution is -0.368. The van der Waals surface area contributed by atoms with Gasteiger partial charge in [-0.2, -0.15) is 4.58 Å². The van der Waals surface area contributed by atoms with Crippen molar-refractivity contribution < 1.29 is 18.5 Å². The Kier molecular flexibility index (Phi) is 7.16. The van der Waals surface area contributed by atoms with Gasteiger partial charge in [-0.15, -0.1) is 11.8 Å². The van der Waals surface area contributed by atoms with Gasteiger partial charge in [0.1, 0.15) is 11.6 Å². The van der Waals surface area contributed by atoms with E-state index in [0.717, 1.165) is 22.6 Å².